The van der Waals surface area contributed by atoms with Gasteiger partial charge in [0.1, 0.15) is 5.69 Å². The molecule has 2 aromatic rings. The summed E-state index contributed by atoms with van der Waals surface area (Å²) in [6.07, 6.45) is 3.38. The number of nitrogens with one attached hydrogen (secondary N) is 1. The van der Waals surface area contributed by atoms with Crippen LogP contribution in [0.15, 0.2) is 34.8 Å². The van der Waals surface area contributed by atoms with Crippen molar-refractivity contribution in [1.82, 2.24) is 15.1 Å². The van der Waals surface area contributed by atoms with E-state index in [1.165, 1.54) is 6.42 Å². The lowest BCUT2D eigenvalue weighted by Gasteiger charge is -2.32. The van der Waals surface area contributed by atoms with Gasteiger partial charge >= 0.3 is 0 Å². The van der Waals surface area contributed by atoms with Gasteiger partial charge in [-0.05, 0) is 44.4 Å². The second-order valence-corrected chi connectivity index (χ2v) is 6.43. The molecule has 0 saturated carbocycles. The fourth-order valence-electron chi connectivity index (χ4n) is 2.75. The van der Waals surface area contributed by atoms with Crippen molar-refractivity contribution < 1.29 is 4.79 Å². The lowest BCUT2D eigenvalue weighted by Crippen LogP contribution is -2.42. The quantitative estimate of drug-likeness (QED) is 0.896. The van der Waals surface area contributed by atoms with Gasteiger partial charge in [-0.3, -0.25) is 9.89 Å². The molecule has 3 rings (SSSR count). The monoisotopic (exact) mass is 347 g/mol. The highest BCUT2D eigenvalue weighted by molar-refractivity contribution is 9.10. The summed E-state index contributed by atoms with van der Waals surface area (Å²) in [4.78, 5) is 14.5. The fourth-order valence-corrected chi connectivity index (χ4v) is 3.02. The molecule has 1 atom stereocenters. The van der Waals surface area contributed by atoms with E-state index in [-0.39, 0.29) is 5.91 Å². The maximum atomic E-state index is 12.6. The molecule has 1 aliphatic heterocycles. The number of hydrogen-bond acceptors (Lipinski definition) is 2. The molecule has 1 saturated heterocycles. The predicted molar refractivity (Wildman–Crippen MR) is 86.1 cm³/mol. The van der Waals surface area contributed by atoms with Gasteiger partial charge in [0.25, 0.3) is 5.91 Å². The molecule has 0 radical (unpaired) electrons. The lowest BCUT2D eigenvalue weighted by atomic mass is 10.0. The van der Waals surface area contributed by atoms with Crippen LogP contribution in [0.4, 0.5) is 0 Å². The summed E-state index contributed by atoms with van der Waals surface area (Å²) in [5.74, 6) is 0.0538. The van der Waals surface area contributed by atoms with Crippen LogP contribution in [0.5, 0.6) is 0 Å². The lowest BCUT2D eigenvalue weighted by molar-refractivity contribution is 0.0629. The number of H-pyrrole nitrogens is 1. The third kappa shape index (κ3) is 3.02. The second kappa shape index (κ2) is 6.02. The Morgan fingerprint density at radius 3 is 2.81 bits per heavy atom. The van der Waals surface area contributed by atoms with E-state index < -0.39 is 0 Å². The van der Waals surface area contributed by atoms with Crippen LogP contribution in [0, 0.1) is 0 Å². The zero-order valence-corrected chi connectivity index (χ0v) is 13.6. The van der Waals surface area contributed by atoms with Crippen molar-refractivity contribution in [3.63, 3.8) is 0 Å². The summed E-state index contributed by atoms with van der Waals surface area (Å²) in [6, 6.07) is 10.1. The summed E-state index contributed by atoms with van der Waals surface area (Å²) in [6.45, 7) is 2.95. The van der Waals surface area contributed by atoms with Crippen molar-refractivity contribution in [3.05, 3.63) is 40.5 Å². The first-order valence-corrected chi connectivity index (χ1v) is 8.07. The largest absolute Gasteiger partial charge is 0.335 e. The highest BCUT2D eigenvalue weighted by atomic mass is 79.9. The van der Waals surface area contributed by atoms with Crippen LogP contribution >= 0.6 is 15.9 Å². The van der Waals surface area contributed by atoms with Crippen molar-refractivity contribution in [1.29, 1.82) is 0 Å². The van der Waals surface area contributed by atoms with Gasteiger partial charge in [-0.25, -0.2) is 0 Å². The first kappa shape index (κ1) is 14.3. The number of likely N-dealkylation sites (tertiary alicyclic amines) is 1. The fraction of sp³-hybridized carbons (Fsp3) is 0.375. The molecule has 1 unspecified atom stereocenters. The number of benzene rings is 1. The molecule has 0 spiro atoms. The van der Waals surface area contributed by atoms with E-state index >= 15 is 0 Å². The summed E-state index contributed by atoms with van der Waals surface area (Å²) >= 11 is 3.42. The van der Waals surface area contributed by atoms with Gasteiger partial charge in [-0.1, -0.05) is 28.1 Å². The van der Waals surface area contributed by atoms with Crippen molar-refractivity contribution in [2.75, 3.05) is 6.54 Å². The predicted octanol–water partition coefficient (Wildman–Crippen LogP) is 3.85. The number of aromatic nitrogens is 2. The van der Waals surface area contributed by atoms with E-state index in [1.54, 1.807) is 0 Å². The Labute approximate surface area is 132 Å². The third-order valence-corrected chi connectivity index (χ3v) is 4.54. The summed E-state index contributed by atoms with van der Waals surface area (Å²) in [5.41, 5.74) is 2.37. The minimum Gasteiger partial charge on any atom is -0.335 e. The molecule has 4 nitrogen and oxygen atoms in total. The van der Waals surface area contributed by atoms with Gasteiger partial charge in [0, 0.05) is 22.6 Å². The summed E-state index contributed by atoms with van der Waals surface area (Å²) in [5, 5.41) is 7.15. The molecular formula is C16H18BrN3O. The number of aromatic amines is 1. The van der Waals surface area contributed by atoms with Crippen LogP contribution in [0.1, 0.15) is 36.7 Å². The minimum atomic E-state index is 0.0538. The summed E-state index contributed by atoms with van der Waals surface area (Å²) in [7, 11) is 0. The molecule has 110 valence electrons. The van der Waals surface area contributed by atoms with E-state index in [9.17, 15) is 4.79 Å². The Morgan fingerprint density at radius 2 is 2.10 bits per heavy atom. The van der Waals surface area contributed by atoms with Crippen molar-refractivity contribution in [2.24, 2.45) is 0 Å². The maximum absolute atomic E-state index is 12.6. The average Bonchev–Trinajstić information content (AvgIpc) is 2.98. The Hall–Kier alpha value is -1.62. The van der Waals surface area contributed by atoms with Gasteiger partial charge in [-0.2, -0.15) is 5.10 Å². The smallest absolute Gasteiger partial charge is 0.272 e. The van der Waals surface area contributed by atoms with Gasteiger partial charge in [0.2, 0.25) is 0 Å². The SMILES string of the molecule is CC1CCCCN1C(=O)c1cc(-c2ccc(Br)cc2)n[nH]1. The van der Waals surface area contributed by atoms with Crippen LogP contribution in [0.25, 0.3) is 11.3 Å². The normalized spacial score (nSPS) is 18.8. The van der Waals surface area contributed by atoms with E-state index in [2.05, 4.69) is 33.1 Å². The molecule has 1 aromatic carbocycles. The maximum Gasteiger partial charge on any atom is 0.272 e. The zero-order valence-electron chi connectivity index (χ0n) is 12.0. The van der Waals surface area contributed by atoms with Gasteiger partial charge in [0.05, 0.1) is 5.69 Å². The molecule has 1 amide bonds. The Bertz CT molecular complexity index is 635. The molecule has 0 bridgehead atoms. The average molecular weight is 348 g/mol. The van der Waals surface area contributed by atoms with E-state index in [4.69, 9.17) is 0 Å². The van der Waals surface area contributed by atoms with Crippen LogP contribution in [-0.4, -0.2) is 33.6 Å². The molecule has 0 aliphatic carbocycles. The number of hydrogen-bond donors (Lipinski definition) is 1. The van der Waals surface area contributed by atoms with Crippen LogP contribution in [0.2, 0.25) is 0 Å². The Morgan fingerprint density at radius 1 is 1.33 bits per heavy atom. The van der Waals surface area contributed by atoms with Crippen molar-refractivity contribution in [3.8, 4) is 11.3 Å². The number of carbonyl (C=O) groups is 1. The first-order valence-electron chi connectivity index (χ1n) is 7.27. The number of carbonyl (C=O) groups excluding carboxylic acids is 1. The zero-order chi connectivity index (χ0) is 14.8. The molecule has 5 heteroatoms. The molecule has 1 aromatic heterocycles. The molecule has 21 heavy (non-hydrogen) atoms. The Balaban J connectivity index is 1.81. The summed E-state index contributed by atoms with van der Waals surface area (Å²) < 4.78 is 1.03. The second-order valence-electron chi connectivity index (χ2n) is 5.52. The number of piperidine rings is 1. The molecule has 1 N–H and O–H groups in total. The highest BCUT2D eigenvalue weighted by Gasteiger charge is 2.25. The van der Waals surface area contributed by atoms with E-state index in [0.29, 0.717) is 11.7 Å². The first-order chi connectivity index (χ1) is 10.1. The highest BCUT2D eigenvalue weighted by Crippen LogP contribution is 2.23. The number of amides is 1. The van der Waals surface area contributed by atoms with Crippen molar-refractivity contribution >= 4 is 21.8 Å². The molecule has 1 fully saturated rings. The van der Waals surface area contributed by atoms with E-state index in [1.807, 2.05) is 35.2 Å². The van der Waals surface area contributed by atoms with E-state index in [0.717, 1.165) is 35.1 Å². The van der Waals surface area contributed by atoms with Gasteiger partial charge < -0.3 is 4.90 Å². The van der Waals surface area contributed by atoms with Crippen LogP contribution < -0.4 is 0 Å². The van der Waals surface area contributed by atoms with Crippen LogP contribution in [-0.2, 0) is 0 Å². The van der Waals surface area contributed by atoms with Gasteiger partial charge in [-0.15, -0.1) is 0 Å². The molecule has 1 aliphatic rings. The number of nitrogens with zero attached hydrogens (tertiary/aromatic N) is 2. The van der Waals surface area contributed by atoms with Crippen LogP contribution in [0.3, 0.4) is 0 Å². The topological polar surface area (TPSA) is 49.0 Å². The minimum absolute atomic E-state index is 0.0538. The molecule has 2 heterocycles. The van der Waals surface area contributed by atoms with Crippen molar-refractivity contribution in [2.45, 2.75) is 32.2 Å². The third-order valence-electron chi connectivity index (χ3n) is 4.01. The molecular weight excluding hydrogens is 330 g/mol. The van der Waals surface area contributed by atoms with Gasteiger partial charge in [0.15, 0.2) is 0 Å². The standard InChI is InChI=1S/C16H18BrN3O/c1-11-4-2-3-9-20(11)16(21)15-10-14(18-19-15)12-5-7-13(17)8-6-12/h5-8,10-11H,2-4,9H2,1H3,(H,18,19). The number of rotatable bonds is 2. The Kier molecular flexibility index (Phi) is 4.10. The number of halogens is 1.